The first-order valence-electron chi connectivity index (χ1n) is 6.39. The third-order valence-electron chi connectivity index (χ3n) is 2.92. The number of nitrogens with one attached hydrogen (secondary N) is 1. The van der Waals surface area contributed by atoms with Crippen molar-refractivity contribution in [2.75, 3.05) is 5.32 Å². The van der Waals surface area contributed by atoms with Gasteiger partial charge < -0.3 is 4.74 Å². The molecule has 0 fully saturated rings. The molecule has 1 amide bonds. The summed E-state index contributed by atoms with van der Waals surface area (Å²) >= 11 is 5.86. The van der Waals surface area contributed by atoms with Crippen molar-refractivity contribution in [2.24, 2.45) is 0 Å². The third kappa shape index (κ3) is 3.95. The molecule has 0 radical (unpaired) electrons. The second-order valence-electron chi connectivity index (χ2n) is 4.56. The van der Waals surface area contributed by atoms with E-state index < -0.39 is 11.0 Å². The standard InChI is InChI=1S/C15H13ClN2O4/c1-10-7-13(14(18(20)21)8-12(10)16)17-15(19)22-9-11-5-3-2-4-6-11/h2-8H,9H2,1H3,(H,17,19). The number of aryl methyl sites for hydroxylation is 1. The monoisotopic (exact) mass is 320 g/mol. The topological polar surface area (TPSA) is 81.5 Å². The van der Waals surface area contributed by atoms with E-state index in [-0.39, 0.29) is 23.0 Å². The first-order chi connectivity index (χ1) is 10.5. The van der Waals surface area contributed by atoms with E-state index in [4.69, 9.17) is 16.3 Å². The summed E-state index contributed by atoms with van der Waals surface area (Å²) in [5.41, 5.74) is 1.20. The van der Waals surface area contributed by atoms with E-state index >= 15 is 0 Å². The van der Waals surface area contributed by atoms with Crippen molar-refractivity contribution in [3.8, 4) is 0 Å². The summed E-state index contributed by atoms with van der Waals surface area (Å²) in [6.45, 7) is 1.76. The number of hydrogen-bond acceptors (Lipinski definition) is 4. The summed E-state index contributed by atoms with van der Waals surface area (Å²) in [7, 11) is 0. The first-order valence-corrected chi connectivity index (χ1v) is 6.77. The fourth-order valence-electron chi connectivity index (χ4n) is 1.79. The van der Waals surface area contributed by atoms with E-state index in [2.05, 4.69) is 5.32 Å². The predicted octanol–water partition coefficient (Wildman–Crippen LogP) is 4.31. The molecule has 114 valence electrons. The molecule has 0 spiro atoms. The van der Waals surface area contributed by atoms with Gasteiger partial charge in [0.2, 0.25) is 0 Å². The number of carbonyl (C=O) groups excluding carboxylic acids is 1. The molecule has 0 aliphatic heterocycles. The predicted molar refractivity (Wildman–Crippen MR) is 83.1 cm³/mol. The number of carbonyl (C=O) groups is 1. The summed E-state index contributed by atoms with van der Waals surface area (Å²) in [5.74, 6) is 0. The molecule has 7 heteroatoms. The van der Waals surface area contributed by atoms with Gasteiger partial charge in [0.05, 0.1) is 9.95 Å². The molecule has 22 heavy (non-hydrogen) atoms. The largest absolute Gasteiger partial charge is 0.444 e. The van der Waals surface area contributed by atoms with E-state index in [1.165, 1.54) is 12.1 Å². The smallest absolute Gasteiger partial charge is 0.412 e. The van der Waals surface area contributed by atoms with Gasteiger partial charge in [0.15, 0.2) is 0 Å². The minimum atomic E-state index is -0.770. The normalized spacial score (nSPS) is 10.1. The number of nitrogens with zero attached hydrogens (tertiary/aromatic N) is 1. The van der Waals surface area contributed by atoms with Crippen molar-refractivity contribution >= 4 is 29.1 Å². The van der Waals surface area contributed by atoms with Gasteiger partial charge in [-0.1, -0.05) is 41.9 Å². The zero-order valence-electron chi connectivity index (χ0n) is 11.7. The fourth-order valence-corrected chi connectivity index (χ4v) is 1.95. The van der Waals surface area contributed by atoms with Gasteiger partial charge >= 0.3 is 6.09 Å². The number of anilines is 1. The molecule has 1 N–H and O–H groups in total. The van der Waals surface area contributed by atoms with E-state index in [9.17, 15) is 14.9 Å². The lowest BCUT2D eigenvalue weighted by Crippen LogP contribution is -2.14. The second kappa shape index (κ2) is 6.91. The molecule has 0 unspecified atom stereocenters. The molecule has 0 atom stereocenters. The molecule has 0 aliphatic rings. The van der Waals surface area contributed by atoms with Crippen LogP contribution >= 0.6 is 11.6 Å². The van der Waals surface area contributed by atoms with Crippen LogP contribution in [0.15, 0.2) is 42.5 Å². The van der Waals surface area contributed by atoms with E-state index in [0.29, 0.717) is 5.56 Å². The average Bonchev–Trinajstić information content (AvgIpc) is 2.49. The van der Waals surface area contributed by atoms with Gasteiger partial charge in [0.25, 0.3) is 5.69 Å². The number of nitro benzene ring substituents is 1. The van der Waals surface area contributed by atoms with Crippen molar-refractivity contribution in [3.05, 3.63) is 68.7 Å². The Kier molecular flexibility index (Phi) is 4.95. The van der Waals surface area contributed by atoms with Gasteiger partial charge in [-0.05, 0) is 24.1 Å². The van der Waals surface area contributed by atoms with Crippen molar-refractivity contribution in [1.29, 1.82) is 0 Å². The van der Waals surface area contributed by atoms with Gasteiger partial charge in [0.1, 0.15) is 12.3 Å². The van der Waals surface area contributed by atoms with Gasteiger partial charge in [-0.2, -0.15) is 0 Å². The lowest BCUT2D eigenvalue weighted by atomic mass is 10.2. The van der Waals surface area contributed by atoms with Crippen molar-refractivity contribution < 1.29 is 14.5 Å². The average molecular weight is 321 g/mol. The minimum absolute atomic E-state index is 0.0463. The number of rotatable bonds is 4. The van der Waals surface area contributed by atoms with Crippen molar-refractivity contribution in [1.82, 2.24) is 0 Å². The highest BCUT2D eigenvalue weighted by Crippen LogP contribution is 2.30. The van der Waals surface area contributed by atoms with Crippen LogP contribution in [0.3, 0.4) is 0 Å². The van der Waals surface area contributed by atoms with Crippen LogP contribution in [0.5, 0.6) is 0 Å². The number of amides is 1. The SMILES string of the molecule is Cc1cc(NC(=O)OCc2ccccc2)c([N+](=O)[O-])cc1Cl. The number of ether oxygens (including phenoxy) is 1. The molecular formula is C15H13ClN2O4. The Morgan fingerprint density at radius 2 is 2.00 bits per heavy atom. The molecule has 0 bridgehead atoms. The van der Waals surface area contributed by atoms with Crippen LogP contribution in [-0.2, 0) is 11.3 Å². The summed E-state index contributed by atoms with van der Waals surface area (Å²) < 4.78 is 5.03. The van der Waals surface area contributed by atoms with Gasteiger partial charge in [-0.25, -0.2) is 4.79 Å². The fraction of sp³-hybridized carbons (Fsp3) is 0.133. The molecule has 0 aliphatic carbocycles. The highest BCUT2D eigenvalue weighted by atomic mass is 35.5. The Morgan fingerprint density at radius 1 is 1.32 bits per heavy atom. The molecule has 0 heterocycles. The van der Waals surface area contributed by atoms with Crippen molar-refractivity contribution in [2.45, 2.75) is 13.5 Å². The zero-order valence-corrected chi connectivity index (χ0v) is 12.5. The Morgan fingerprint density at radius 3 is 2.64 bits per heavy atom. The lowest BCUT2D eigenvalue weighted by Gasteiger charge is -2.09. The Labute approximate surface area is 131 Å². The molecule has 0 aromatic heterocycles. The van der Waals surface area contributed by atoms with E-state index in [0.717, 1.165) is 5.56 Å². The molecule has 2 rings (SSSR count). The number of nitro groups is 1. The van der Waals surface area contributed by atoms with Crippen LogP contribution in [0.1, 0.15) is 11.1 Å². The van der Waals surface area contributed by atoms with Crippen molar-refractivity contribution in [3.63, 3.8) is 0 Å². The molecule has 6 nitrogen and oxygen atoms in total. The van der Waals surface area contributed by atoms with Gasteiger partial charge in [0, 0.05) is 6.07 Å². The lowest BCUT2D eigenvalue weighted by molar-refractivity contribution is -0.383. The van der Waals surface area contributed by atoms with Crippen LogP contribution < -0.4 is 5.32 Å². The number of hydrogen-bond donors (Lipinski definition) is 1. The second-order valence-corrected chi connectivity index (χ2v) is 4.97. The summed E-state index contributed by atoms with van der Waals surface area (Å²) in [6.07, 6.45) is -0.770. The minimum Gasteiger partial charge on any atom is -0.444 e. The highest BCUT2D eigenvalue weighted by Gasteiger charge is 2.18. The van der Waals surface area contributed by atoms with Gasteiger partial charge in [-0.15, -0.1) is 0 Å². The quantitative estimate of drug-likeness (QED) is 0.672. The van der Waals surface area contributed by atoms with Crippen LogP contribution in [-0.4, -0.2) is 11.0 Å². The zero-order chi connectivity index (χ0) is 16.1. The maximum absolute atomic E-state index is 11.8. The van der Waals surface area contributed by atoms with Gasteiger partial charge in [-0.3, -0.25) is 15.4 Å². The Balaban J connectivity index is 2.08. The van der Waals surface area contributed by atoms with E-state index in [1.807, 2.05) is 30.3 Å². The van der Waals surface area contributed by atoms with Crippen LogP contribution in [0.2, 0.25) is 5.02 Å². The Hall–Kier alpha value is -2.60. The highest BCUT2D eigenvalue weighted by molar-refractivity contribution is 6.31. The van der Waals surface area contributed by atoms with Crippen LogP contribution in [0.25, 0.3) is 0 Å². The molecule has 2 aromatic carbocycles. The molecule has 0 saturated carbocycles. The Bertz CT molecular complexity index is 704. The molecule has 2 aromatic rings. The number of halogens is 1. The van der Waals surface area contributed by atoms with Crippen LogP contribution in [0, 0.1) is 17.0 Å². The summed E-state index contributed by atoms with van der Waals surface area (Å²) in [5, 5.41) is 13.6. The van der Waals surface area contributed by atoms with E-state index in [1.54, 1.807) is 6.92 Å². The van der Waals surface area contributed by atoms with Crippen LogP contribution in [0.4, 0.5) is 16.2 Å². The first kappa shape index (κ1) is 15.8. The summed E-state index contributed by atoms with van der Waals surface area (Å²) in [4.78, 5) is 22.2. The number of benzene rings is 2. The molecule has 0 saturated heterocycles. The summed E-state index contributed by atoms with van der Waals surface area (Å²) in [6, 6.07) is 11.7. The third-order valence-corrected chi connectivity index (χ3v) is 3.33. The maximum atomic E-state index is 11.8. The maximum Gasteiger partial charge on any atom is 0.412 e. The molecular weight excluding hydrogens is 308 g/mol.